The molecule has 1 saturated heterocycles. The molecule has 0 aromatic carbocycles. The Hall–Kier alpha value is -2.22. The van der Waals surface area contributed by atoms with Crippen LogP contribution in [0.5, 0.6) is 0 Å². The number of amides is 2. The van der Waals surface area contributed by atoms with E-state index in [2.05, 4.69) is 20.6 Å². The van der Waals surface area contributed by atoms with E-state index >= 15 is 0 Å². The first-order chi connectivity index (χ1) is 11.7. The molecule has 1 aliphatic heterocycles. The number of carbonyl (C=O) groups excluding carboxylic acids is 2. The predicted octanol–water partition coefficient (Wildman–Crippen LogP) is 0.666. The number of piperidine rings is 1. The summed E-state index contributed by atoms with van der Waals surface area (Å²) in [4.78, 5) is 34.3. The largest absolute Gasteiger partial charge is 0.375 e. The zero-order chi connectivity index (χ0) is 17.4. The fourth-order valence-corrected chi connectivity index (χ4v) is 2.86. The minimum absolute atomic E-state index is 0.0504. The number of ether oxygens (including phenoxy) is 1. The third-order valence-corrected chi connectivity index (χ3v) is 4.09. The first kappa shape index (κ1) is 18.1. The second-order valence-corrected chi connectivity index (χ2v) is 5.77. The van der Waals surface area contributed by atoms with Crippen LogP contribution in [0.2, 0.25) is 0 Å². The van der Waals surface area contributed by atoms with E-state index in [1.54, 1.807) is 19.4 Å². The van der Waals surface area contributed by atoms with Gasteiger partial charge in [-0.2, -0.15) is 0 Å². The number of likely N-dealkylation sites (tertiary alicyclic amines) is 1. The smallest absolute Gasteiger partial charge is 0.257 e. The molecular weight excluding hydrogens is 310 g/mol. The van der Waals surface area contributed by atoms with Gasteiger partial charge in [0.1, 0.15) is 6.61 Å². The normalized spacial score (nSPS) is 17.4. The Morgan fingerprint density at radius 2 is 2.08 bits per heavy atom. The van der Waals surface area contributed by atoms with Gasteiger partial charge in [0.2, 0.25) is 11.9 Å². The van der Waals surface area contributed by atoms with Crippen LogP contribution in [0.1, 0.15) is 36.0 Å². The fraction of sp³-hybridized carbons (Fsp3) is 0.625. The van der Waals surface area contributed by atoms with E-state index in [9.17, 15) is 9.59 Å². The van der Waals surface area contributed by atoms with Crippen LogP contribution in [0.15, 0.2) is 12.4 Å². The SMILES string of the molecule is CNc1ncc(C(=O)N2CCCC[C@@H]2CCNC(=O)COC)cn1. The van der Waals surface area contributed by atoms with Crippen LogP contribution in [-0.4, -0.2) is 66.6 Å². The minimum atomic E-state index is -0.137. The van der Waals surface area contributed by atoms with Crippen LogP contribution in [0.4, 0.5) is 5.95 Å². The molecule has 8 heteroatoms. The Kier molecular flexibility index (Phi) is 6.92. The topological polar surface area (TPSA) is 96.5 Å². The van der Waals surface area contributed by atoms with Gasteiger partial charge in [-0.15, -0.1) is 0 Å². The van der Waals surface area contributed by atoms with Crippen LogP contribution in [0.25, 0.3) is 0 Å². The van der Waals surface area contributed by atoms with Gasteiger partial charge in [0.05, 0.1) is 5.56 Å². The van der Waals surface area contributed by atoms with Crippen molar-refractivity contribution in [1.82, 2.24) is 20.2 Å². The van der Waals surface area contributed by atoms with Crippen LogP contribution in [0.3, 0.4) is 0 Å². The van der Waals surface area contributed by atoms with E-state index in [-0.39, 0.29) is 24.5 Å². The van der Waals surface area contributed by atoms with Crippen molar-refractivity contribution in [3.63, 3.8) is 0 Å². The van der Waals surface area contributed by atoms with Crippen molar-refractivity contribution in [3.8, 4) is 0 Å². The Morgan fingerprint density at radius 1 is 1.33 bits per heavy atom. The summed E-state index contributed by atoms with van der Waals surface area (Å²) in [6.45, 7) is 1.32. The van der Waals surface area contributed by atoms with Crippen molar-refractivity contribution < 1.29 is 14.3 Å². The number of nitrogens with zero attached hydrogens (tertiary/aromatic N) is 3. The second-order valence-electron chi connectivity index (χ2n) is 5.77. The van der Waals surface area contributed by atoms with Gasteiger partial charge in [0, 0.05) is 45.7 Å². The van der Waals surface area contributed by atoms with Crippen molar-refractivity contribution >= 4 is 17.8 Å². The maximum absolute atomic E-state index is 12.7. The van der Waals surface area contributed by atoms with E-state index < -0.39 is 0 Å². The number of hydrogen-bond acceptors (Lipinski definition) is 6. The summed E-state index contributed by atoms with van der Waals surface area (Å²) in [6, 6.07) is 0.123. The second kappa shape index (κ2) is 9.17. The summed E-state index contributed by atoms with van der Waals surface area (Å²) >= 11 is 0. The average Bonchev–Trinajstić information content (AvgIpc) is 2.62. The van der Waals surface area contributed by atoms with Gasteiger partial charge in [-0.25, -0.2) is 9.97 Å². The van der Waals surface area contributed by atoms with Crippen LogP contribution in [-0.2, 0) is 9.53 Å². The molecule has 0 unspecified atom stereocenters. The van der Waals surface area contributed by atoms with Gasteiger partial charge >= 0.3 is 0 Å². The van der Waals surface area contributed by atoms with E-state index in [1.807, 2.05) is 4.90 Å². The van der Waals surface area contributed by atoms with E-state index in [0.29, 0.717) is 18.1 Å². The van der Waals surface area contributed by atoms with E-state index in [1.165, 1.54) is 7.11 Å². The molecule has 1 aliphatic rings. The first-order valence-corrected chi connectivity index (χ1v) is 8.22. The highest BCUT2D eigenvalue weighted by Gasteiger charge is 2.27. The number of carbonyl (C=O) groups is 2. The van der Waals surface area contributed by atoms with Crippen molar-refractivity contribution in [3.05, 3.63) is 18.0 Å². The quantitative estimate of drug-likeness (QED) is 0.760. The van der Waals surface area contributed by atoms with Gasteiger partial charge in [0.15, 0.2) is 0 Å². The fourth-order valence-electron chi connectivity index (χ4n) is 2.86. The number of hydrogen-bond donors (Lipinski definition) is 2. The standard InChI is InChI=1S/C16H25N5O3/c1-17-16-19-9-12(10-20-16)15(23)21-8-4-3-5-13(21)6-7-18-14(22)11-24-2/h9-10,13H,3-8,11H2,1-2H3,(H,18,22)(H,17,19,20)/t13-/m1/s1. The number of aromatic nitrogens is 2. The molecule has 1 fully saturated rings. The monoisotopic (exact) mass is 335 g/mol. The summed E-state index contributed by atoms with van der Waals surface area (Å²) in [7, 11) is 3.22. The molecule has 0 radical (unpaired) electrons. The van der Waals surface area contributed by atoms with E-state index in [0.717, 1.165) is 32.2 Å². The molecule has 2 rings (SSSR count). The van der Waals surface area contributed by atoms with Gasteiger partial charge in [-0.3, -0.25) is 9.59 Å². The lowest BCUT2D eigenvalue weighted by Crippen LogP contribution is -2.45. The molecule has 0 saturated carbocycles. The van der Waals surface area contributed by atoms with E-state index in [4.69, 9.17) is 4.74 Å². The minimum Gasteiger partial charge on any atom is -0.375 e. The Balaban J connectivity index is 1.94. The highest BCUT2D eigenvalue weighted by Crippen LogP contribution is 2.21. The summed E-state index contributed by atoms with van der Waals surface area (Å²) in [5, 5.41) is 5.64. The molecule has 0 aliphatic carbocycles. The zero-order valence-corrected chi connectivity index (χ0v) is 14.2. The highest BCUT2D eigenvalue weighted by molar-refractivity contribution is 5.94. The molecule has 24 heavy (non-hydrogen) atoms. The summed E-state index contributed by atoms with van der Waals surface area (Å²) in [5.41, 5.74) is 0.490. The summed E-state index contributed by atoms with van der Waals surface area (Å²) in [5.74, 6) is 0.301. The number of rotatable bonds is 7. The van der Waals surface area contributed by atoms with Crippen LogP contribution in [0, 0.1) is 0 Å². The third-order valence-electron chi connectivity index (χ3n) is 4.09. The van der Waals surface area contributed by atoms with Crippen LogP contribution >= 0.6 is 0 Å². The van der Waals surface area contributed by atoms with Crippen LogP contribution < -0.4 is 10.6 Å². The first-order valence-electron chi connectivity index (χ1n) is 8.22. The summed E-state index contributed by atoms with van der Waals surface area (Å²) in [6.07, 6.45) is 6.86. The summed E-state index contributed by atoms with van der Waals surface area (Å²) < 4.78 is 4.79. The molecule has 2 amide bonds. The molecule has 1 aromatic heterocycles. The molecule has 2 heterocycles. The maximum Gasteiger partial charge on any atom is 0.257 e. The lowest BCUT2D eigenvalue weighted by molar-refractivity contribution is -0.124. The maximum atomic E-state index is 12.7. The van der Waals surface area contributed by atoms with Crippen molar-refractivity contribution in [2.75, 3.05) is 39.2 Å². The zero-order valence-electron chi connectivity index (χ0n) is 14.2. The molecule has 1 aromatic rings. The Morgan fingerprint density at radius 3 is 2.75 bits per heavy atom. The van der Waals surface area contributed by atoms with Gasteiger partial charge < -0.3 is 20.3 Å². The predicted molar refractivity (Wildman–Crippen MR) is 89.8 cm³/mol. The van der Waals surface area contributed by atoms with Crippen molar-refractivity contribution in [2.24, 2.45) is 0 Å². The van der Waals surface area contributed by atoms with Crippen molar-refractivity contribution in [1.29, 1.82) is 0 Å². The molecule has 132 valence electrons. The number of methoxy groups -OCH3 is 1. The molecule has 1 atom stereocenters. The average molecular weight is 335 g/mol. The molecule has 2 N–H and O–H groups in total. The molecule has 0 spiro atoms. The Labute approximate surface area is 142 Å². The van der Waals surface area contributed by atoms with Crippen molar-refractivity contribution in [2.45, 2.75) is 31.7 Å². The lowest BCUT2D eigenvalue weighted by Gasteiger charge is -2.36. The van der Waals surface area contributed by atoms with Gasteiger partial charge in [0.25, 0.3) is 5.91 Å². The molecular formula is C16H25N5O3. The Bertz CT molecular complexity index is 549. The third kappa shape index (κ3) is 4.89. The molecule has 0 bridgehead atoms. The van der Waals surface area contributed by atoms with Gasteiger partial charge in [-0.05, 0) is 25.7 Å². The number of nitrogens with one attached hydrogen (secondary N) is 2. The molecule has 8 nitrogen and oxygen atoms in total. The van der Waals surface area contributed by atoms with Gasteiger partial charge in [-0.1, -0.05) is 0 Å². The highest BCUT2D eigenvalue weighted by atomic mass is 16.5. The lowest BCUT2D eigenvalue weighted by atomic mass is 9.98. The number of anilines is 1.